The minimum absolute atomic E-state index is 0.269. The molecular weight excluding hydrogens is 280 g/mol. The van der Waals surface area contributed by atoms with Crippen molar-refractivity contribution in [1.82, 2.24) is 0 Å². The van der Waals surface area contributed by atoms with Gasteiger partial charge >= 0.3 is 5.97 Å². The van der Waals surface area contributed by atoms with Crippen LogP contribution in [0.4, 0.5) is 5.69 Å². The Kier molecular flexibility index (Phi) is 6.89. The predicted octanol–water partition coefficient (Wildman–Crippen LogP) is 1.17. The maximum absolute atomic E-state index is 11.8. The second kappa shape index (κ2) is 8.44. The molecule has 0 aliphatic heterocycles. The Morgan fingerprint density at radius 3 is 2.90 bits per heavy atom. The molecule has 0 saturated carbocycles. The first kappa shape index (κ1) is 16.3. The Morgan fingerprint density at radius 1 is 1.50 bits per heavy atom. The zero-order chi connectivity index (χ0) is 15.0. The number of hydrogen-bond donors (Lipinski definition) is 3. The fraction of sp³-hybridized carbons (Fsp3) is 0.385. The van der Waals surface area contributed by atoms with Crippen molar-refractivity contribution in [3.05, 3.63) is 24.3 Å². The third kappa shape index (κ3) is 5.94. The summed E-state index contributed by atoms with van der Waals surface area (Å²) in [7, 11) is 0. The summed E-state index contributed by atoms with van der Waals surface area (Å²) in [5.74, 6) is -0.132. The lowest BCUT2D eigenvalue weighted by Crippen LogP contribution is -2.36. The molecule has 0 aromatic heterocycles. The lowest BCUT2D eigenvalue weighted by molar-refractivity contribution is -0.139. The van der Waals surface area contributed by atoms with Gasteiger partial charge in [0.2, 0.25) is 5.91 Å². The van der Waals surface area contributed by atoms with E-state index in [-0.39, 0.29) is 5.91 Å². The summed E-state index contributed by atoms with van der Waals surface area (Å²) in [6.45, 7) is -0.426. The van der Waals surface area contributed by atoms with E-state index in [4.69, 9.17) is 15.6 Å². The van der Waals surface area contributed by atoms with E-state index in [2.05, 4.69) is 5.32 Å². The number of carboxylic acid groups (broad SMARTS) is 1. The maximum Gasteiger partial charge on any atom is 0.341 e. The number of nitrogens with one attached hydrogen (secondary N) is 1. The second-order valence-electron chi connectivity index (χ2n) is 4.09. The van der Waals surface area contributed by atoms with Crippen molar-refractivity contribution in [2.45, 2.75) is 12.5 Å². The van der Waals surface area contributed by atoms with Gasteiger partial charge in [0.05, 0.1) is 6.04 Å². The summed E-state index contributed by atoms with van der Waals surface area (Å²) in [5.41, 5.74) is 6.28. The Labute approximate surface area is 121 Å². The van der Waals surface area contributed by atoms with Crippen molar-refractivity contribution >= 4 is 29.3 Å². The van der Waals surface area contributed by atoms with Crippen LogP contribution in [0.2, 0.25) is 0 Å². The van der Waals surface area contributed by atoms with Gasteiger partial charge in [0.25, 0.3) is 0 Å². The molecule has 0 unspecified atom stereocenters. The third-order valence-electron chi connectivity index (χ3n) is 2.43. The van der Waals surface area contributed by atoms with E-state index >= 15 is 0 Å². The molecule has 20 heavy (non-hydrogen) atoms. The van der Waals surface area contributed by atoms with Gasteiger partial charge in [0.1, 0.15) is 5.75 Å². The molecule has 1 aromatic carbocycles. The Bertz CT molecular complexity index is 467. The summed E-state index contributed by atoms with van der Waals surface area (Å²) in [6, 6.07) is 5.97. The zero-order valence-corrected chi connectivity index (χ0v) is 12.0. The SMILES string of the molecule is CSCC[C@@H](N)C(=O)Nc1cccc(OCC(=O)O)c1. The first-order chi connectivity index (χ1) is 9.52. The maximum atomic E-state index is 11.8. The molecule has 1 aromatic rings. The number of amides is 1. The molecule has 0 aliphatic rings. The number of aliphatic carboxylic acids is 1. The van der Waals surface area contributed by atoms with E-state index in [9.17, 15) is 9.59 Å². The van der Waals surface area contributed by atoms with Gasteiger partial charge in [-0.25, -0.2) is 4.79 Å². The van der Waals surface area contributed by atoms with E-state index in [0.29, 0.717) is 17.9 Å². The monoisotopic (exact) mass is 298 g/mol. The van der Waals surface area contributed by atoms with Gasteiger partial charge < -0.3 is 20.9 Å². The highest BCUT2D eigenvalue weighted by Gasteiger charge is 2.13. The first-order valence-corrected chi connectivity index (χ1v) is 7.42. The number of ether oxygens (including phenoxy) is 1. The van der Waals surface area contributed by atoms with Gasteiger partial charge in [0, 0.05) is 11.8 Å². The number of nitrogens with two attached hydrogens (primary N) is 1. The zero-order valence-electron chi connectivity index (χ0n) is 11.2. The smallest absolute Gasteiger partial charge is 0.341 e. The van der Waals surface area contributed by atoms with Crippen LogP contribution in [-0.2, 0) is 9.59 Å². The van der Waals surface area contributed by atoms with Crippen LogP contribution in [0.5, 0.6) is 5.75 Å². The predicted molar refractivity (Wildman–Crippen MR) is 79.2 cm³/mol. The van der Waals surface area contributed by atoms with E-state index in [1.54, 1.807) is 36.0 Å². The van der Waals surface area contributed by atoms with Crippen molar-refractivity contribution in [3.63, 3.8) is 0 Å². The highest BCUT2D eigenvalue weighted by Crippen LogP contribution is 2.17. The summed E-state index contributed by atoms with van der Waals surface area (Å²) in [5, 5.41) is 11.2. The highest BCUT2D eigenvalue weighted by molar-refractivity contribution is 7.98. The number of thioether (sulfide) groups is 1. The largest absolute Gasteiger partial charge is 0.482 e. The molecule has 0 bridgehead atoms. The number of rotatable bonds is 8. The summed E-state index contributed by atoms with van der Waals surface area (Å²) < 4.78 is 5.03. The van der Waals surface area contributed by atoms with Gasteiger partial charge in [-0.05, 0) is 30.6 Å². The number of carboxylic acids is 1. The number of carbonyl (C=O) groups is 2. The molecule has 0 radical (unpaired) electrons. The molecule has 1 rings (SSSR count). The molecule has 4 N–H and O–H groups in total. The summed E-state index contributed by atoms with van der Waals surface area (Å²) in [6.07, 6.45) is 2.55. The van der Waals surface area contributed by atoms with Crippen molar-refractivity contribution in [2.24, 2.45) is 5.73 Å². The molecule has 1 amide bonds. The molecule has 6 nitrogen and oxygen atoms in total. The first-order valence-electron chi connectivity index (χ1n) is 6.03. The van der Waals surface area contributed by atoms with Crippen LogP contribution >= 0.6 is 11.8 Å². The van der Waals surface area contributed by atoms with Crippen molar-refractivity contribution in [2.75, 3.05) is 23.9 Å². The highest BCUT2D eigenvalue weighted by atomic mass is 32.2. The fourth-order valence-corrected chi connectivity index (χ4v) is 1.91. The van der Waals surface area contributed by atoms with E-state index in [1.165, 1.54) is 0 Å². The molecule has 0 spiro atoms. The van der Waals surface area contributed by atoms with Crippen molar-refractivity contribution < 1.29 is 19.4 Å². The van der Waals surface area contributed by atoms with E-state index in [1.807, 2.05) is 6.26 Å². The van der Waals surface area contributed by atoms with Crippen LogP contribution in [-0.4, -0.2) is 41.6 Å². The number of hydrogen-bond acceptors (Lipinski definition) is 5. The quantitative estimate of drug-likeness (QED) is 0.666. The van der Waals surface area contributed by atoms with Gasteiger partial charge in [-0.3, -0.25) is 4.79 Å². The van der Waals surface area contributed by atoms with Crippen LogP contribution in [0.15, 0.2) is 24.3 Å². The Hall–Kier alpha value is -1.73. The average molecular weight is 298 g/mol. The molecule has 1 atom stereocenters. The number of benzene rings is 1. The van der Waals surface area contributed by atoms with Crippen LogP contribution in [0.25, 0.3) is 0 Å². The minimum atomic E-state index is -1.06. The normalized spacial score (nSPS) is 11.7. The minimum Gasteiger partial charge on any atom is -0.482 e. The molecule has 7 heteroatoms. The Morgan fingerprint density at radius 2 is 2.25 bits per heavy atom. The van der Waals surface area contributed by atoms with E-state index in [0.717, 1.165) is 5.75 Å². The topological polar surface area (TPSA) is 102 Å². The average Bonchev–Trinajstić information content (AvgIpc) is 2.42. The lowest BCUT2D eigenvalue weighted by atomic mass is 10.2. The third-order valence-corrected chi connectivity index (χ3v) is 3.08. The molecule has 0 heterocycles. The van der Waals surface area contributed by atoms with E-state index < -0.39 is 18.6 Å². The van der Waals surface area contributed by atoms with Gasteiger partial charge in [0.15, 0.2) is 6.61 Å². The molecule has 0 fully saturated rings. The van der Waals surface area contributed by atoms with Gasteiger partial charge in [-0.1, -0.05) is 6.07 Å². The van der Waals surface area contributed by atoms with Crippen molar-refractivity contribution in [3.8, 4) is 5.75 Å². The number of anilines is 1. The number of carbonyl (C=O) groups excluding carboxylic acids is 1. The second-order valence-corrected chi connectivity index (χ2v) is 5.07. The summed E-state index contributed by atoms with van der Waals surface area (Å²) in [4.78, 5) is 22.2. The van der Waals surface area contributed by atoms with Crippen LogP contribution in [0.3, 0.4) is 0 Å². The van der Waals surface area contributed by atoms with Crippen molar-refractivity contribution in [1.29, 1.82) is 0 Å². The van der Waals surface area contributed by atoms with Gasteiger partial charge in [-0.2, -0.15) is 11.8 Å². The fourth-order valence-electron chi connectivity index (χ4n) is 1.42. The summed E-state index contributed by atoms with van der Waals surface area (Å²) >= 11 is 1.63. The van der Waals surface area contributed by atoms with Gasteiger partial charge in [-0.15, -0.1) is 0 Å². The lowest BCUT2D eigenvalue weighted by Gasteiger charge is -2.12. The van der Waals surface area contributed by atoms with Crippen LogP contribution in [0.1, 0.15) is 6.42 Å². The standard InChI is InChI=1S/C13H18N2O4S/c1-20-6-5-11(14)13(18)15-9-3-2-4-10(7-9)19-8-12(16)17/h2-4,7,11H,5-6,8,14H2,1H3,(H,15,18)(H,16,17)/t11-/m1/s1. The molecule has 0 saturated heterocycles. The molecule has 0 aliphatic carbocycles. The van der Waals surface area contributed by atoms with Crippen LogP contribution in [0, 0.1) is 0 Å². The Balaban J connectivity index is 2.56. The van der Waals surface area contributed by atoms with Crippen LogP contribution < -0.4 is 15.8 Å². The molecular formula is C13H18N2O4S. The molecule has 110 valence electrons.